The third kappa shape index (κ3) is 5.96. The van der Waals surface area contributed by atoms with Crippen molar-refractivity contribution in [1.82, 2.24) is 34.4 Å². The van der Waals surface area contributed by atoms with Crippen LogP contribution in [0.2, 0.25) is 5.02 Å². The number of nitrogens with zero attached hydrogens (tertiary/aromatic N) is 6. The standard InChI is InChI=1S/C30H32ClF3N8O3/c1-16(2)14-42-15-21(25(38-42)30(32,33)34)23-13-36-26(39(23)3)27(43)37-17-4-5-18(22(31)10-17)28(44)40-6-8-41(9-7-40)29(45)24-19-11-35-12-20(19)24/h4-5,10,13,15,19-20,24,35H,1,6-9,11-12,14H2,2-3H3,(H,37,43). The number of rotatable bonds is 7. The monoisotopic (exact) mass is 644 g/mol. The maximum absolute atomic E-state index is 13.8. The van der Waals surface area contributed by atoms with Gasteiger partial charge in [0, 0.05) is 51.0 Å². The van der Waals surface area contributed by atoms with Crippen LogP contribution >= 0.6 is 11.6 Å². The number of hydrogen-bond acceptors (Lipinski definition) is 6. The van der Waals surface area contributed by atoms with Crippen molar-refractivity contribution in [2.75, 3.05) is 44.6 Å². The molecule has 3 fully saturated rings. The molecule has 2 aromatic heterocycles. The number of allylic oxidation sites excluding steroid dienone is 1. The van der Waals surface area contributed by atoms with Gasteiger partial charge in [0.15, 0.2) is 11.5 Å². The molecule has 1 aromatic carbocycles. The first kappa shape index (κ1) is 30.8. The van der Waals surface area contributed by atoms with E-state index in [-0.39, 0.29) is 57.6 Å². The second kappa shape index (κ2) is 11.6. The summed E-state index contributed by atoms with van der Waals surface area (Å²) in [5, 5.41) is 9.74. The van der Waals surface area contributed by atoms with E-state index in [2.05, 4.69) is 27.3 Å². The molecule has 2 atom stereocenters. The predicted octanol–water partition coefficient (Wildman–Crippen LogP) is 3.53. The molecule has 0 bridgehead atoms. The number of piperidine rings is 1. The summed E-state index contributed by atoms with van der Waals surface area (Å²) in [6.07, 6.45) is -2.29. The molecular formula is C30H32ClF3N8O3. The maximum Gasteiger partial charge on any atom is 0.435 e. The van der Waals surface area contributed by atoms with E-state index < -0.39 is 17.8 Å². The highest BCUT2D eigenvalue weighted by Crippen LogP contribution is 2.49. The molecule has 3 aromatic rings. The Kier molecular flexibility index (Phi) is 7.98. The number of imidazole rings is 1. The summed E-state index contributed by atoms with van der Waals surface area (Å²) in [5.41, 5.74) is -0.114. The van der Waals surface area contributed by atoms with Crippen LogP contribution in [0.1, 0.15) is 33.6 Å². The molecule has 4 heterocycles. The number of halogens is 4. The fourth-order valence-corrected chi connectivity index (χ4v) is 6.56. The maximum atomic E-state index is 13.8. The summed E-state index contributed by atoms with van der Waals surface area (Å²) >= 11 is 6.46. The van der Waals surface area contributed by atoms with Gasteiger partial charge in [-0.3, -0.25) is 19.1 Å². The smallest absolute Gasteiger partial charge is 0.339 e. The van der Waals surface area contributed by atoms with Crippen LogP contribution in [0.15, 0.2) is 42.7 Å². The van der Waals surface area contributed by atoms with Crippen LogP contribution in [-0.4, -0.2) is 86.1 Å². The van der Waals surface area contributed by atoms with Crippen LogP contribution in [0.4, 0.5) is 18.9 Å². The van der Waals surface area contributed by atoms with Gasteiger partial charge in [0.25, 0.3) is 11.8 Å². The molecule has 2 saturated heterocycles. The molecular weight excluding hydrogens is 613 g/mol. The van der Waals surface area contributed by atoms with E-state index in [1.165, 1.54) is 42.2 Å². The molecule has 2 N–H and O–H groups in total. The molecule has 11 nitrogen and oxygen atoms in total. The summed E-state index contributed by atoms with van der Waals surface area (Å²) in [4.78, 5) is 46.8. The Morgan fingerprint density at radius 3 is 2.40 bits per heavy atom. The Labute approximate surface area is 262 Å². The average Bonchev–Trinajstić information content (AvgIpc) is 3.35. The number of anilines is 1. The number of hydrogen-bond donors (Lipinski definition) is 2. The fraction of sp³-hybridized carbons (Fsp3) is 0.433. The quantitative estimate of drug-likeness (QED) is 0.380. The largest absolute Gasteiger partial charge is 0.435 e. The lowest BCUT2D eigenvalue weighted by Gasteiger charge is -2.35. The summed E-state index contributed by atoms with van der Waals surface area (Å²) in [6, 6.07) is 4.45. The van der Waals surface area contributed by atoms with Gasteiger partial charge in [0.05, 0.1) is 34.6 Å². The summed E-state index contributed by atoms with van der Waals surface area (Å²) in [5.74, 6) is 0.0565. The van der Waals surface area contributed by atoms with Gasteiger partial charge in [0.2, 0.25) is 5.91 Å². The molecule has 3 aliphatic rings. The second-order valence-electron chi connectivity index (χ2n) is 11.8. The van der Waals surface area contributed by atoms with E-state index in [1.54, 1.807) is 11.8 Å². The van der Waals surface area contributed by atoms with Crippen molar-refractivity contribution < 1.29 is 27.6 Å². The van der Waals surface area contributed by atoms with E-state index in [4.69, 9.17) is 11.6 Å². The molecule has 1 saturated carbocycles. The number of nitrogens with one attached hydrogen (secondary N) is 2. The van der Waals surface area contributed by atoms with Crippen LogP contribution in [-0.2, 0) is 24.6 Å². The van der Waals surface area contributed by atoms with Gasteiger partial charge in [-0.2, -0.15) is 18.3 Å². The van der Waals surface area contributed by atoms with Crippen molar-refractivity contribution >= 4 is 35.0 Å². The number of carbonyl (C=O) groups excluding carboxylic acids is 3. The molecule has 3 amide bonds. The molecule has 6 rings (SSSR count). The molecule has 238 valence electrons. The number of piperazine rings is 1. The van der Waals surface area contributed by atoms with Crippen molar-refractivity contribution in [3.05, 3.63) is 64.8 Å². The number of benzene rings is 1. The van der Waals surface area contributed by atoms with E-state index >= 15 is 0 Å². The number of carbonyl (C=O) groups is 3. The first-order valence-corrected chi connectivity index (χ1v) is 14.9. The highest BCUT2D eigenvalue weighted by Gasteiger charge is 2.58. The number of alkyl halides is 3. The molecule has 45 heavy (non-hydrogen) atoms. The third-order valence-corrected chi connectivity index (χ3v) is 8.95. The van der Waals surface area contributed by atoms with Crippen LogP contribution in [0.5, 0.6) is 0 Å². The Morgan fingerprint density at radius 1 is 1.11 bits per heavy atom. The Morgan fingerprint density at radius 2 is 1.78 bits per heavy atom. The minimum absolute atomic E-state index is 0.0539. The molecule has 2 aliphatic heterocycles. The lowest BCUT2D eigenvalue weighted by molar-refractivity contribution is -0.141. The summed E-state index contributed by atoms with van der Waals surface area (Å²) in [6.45, 7) is 8.99. The number of fused-ring (bicyclic) bond motifs is 1. The molecule has 2 unspecified atom stereocenters. The third-order valence-electron chi connectivity index (χ3n) is 8.64. The lowest BCUT2D eigenvalue weighted by Crippen LogP contribution is -2.51. The van der Waals surface area contributed by atoms with Crippen molar-refractivity contribution in [3.8, 4) is 11.3 Å². The van der Waals surface area contributed by atoms with Gasteiger partial charge >= 0.3 is 6.18 Å². The first-order valence-electron chi connectivity index (χ1n) is 14.5. The molecule has 15 heteroatoms. The minimum Gasteiger partial charge on any atom is -0.339 e. The van der Waals surface area contributed by atoms with Gasteiger partial charge < -0.3 is 25.0 Å². The zero-order chi connectivity index (χ0) is 32.2. The van der Waals surface area contributed by atoms with Crippen LogP contribution in [0.25, 0.3) is 11.3 Å². The second-order valence-corrected chi connectivity index (χ2v) is 12.3. The Balaban J connectivity index is 1.10. The van der Waals surface area contributed by atoms with Gasteiger partial charge in [0.1, 0.15) is 0 Å². The Bertz CT molecular complexity index is 1680. The lowest BCUT2D eigenvalue weighted by atomic mass is 10.1. The van der Waals surface area contributed by atoms with Gasteiger partial charge in [-0.1, -0.05) is 23.8 Å². The zero-order valence-corrected chi connectivity index (χ0v) is 25.5. The van der Waals surface area contributed by atoms with E-state index in [1.807, 2.05) is 4.90 Å². The summed E-state index contributed by atoms with van der Waals surface area (Å²) in [7, 11) is 1.43. The van der Waals surface area contributed by atoms with E-state index in [0.29, 0.717) is 43.6 Å². The first-order chi connectivity index (χ1) is 21.3. The predicted molar refractivity (Wildman–Crippen MR) is 159 cm³/mol. The van der Waals surface area contributed by atoms with Gasteiger partial charge in [-0.25, -0.2) is 4.98 Å². The average molecular weight is 645 g/mol. The molecule has 0 spiro atoms. The van der Waals surface area contributed by atoms with Crippen molar-refractivity contribution in [2.24, 2.45) is 24.8 Å². The van der Waals surface area contributed by atoms with Gasteiger partial charge in [-0.15, -0.1) is 0 Å². The van der Waals surface area contributed by atoms with Crippen molar-refractivity contribution in [2.45, 2.75) is 19.6 Å². The normalized spacial score (nSPS) is 21.1. The number of aromatic nitrogens is 4. The zero-order valence-electron chi connectivity index (χ0n) is 24.7. The van der Waals surface area contributed by atoms with Crippen LogP contribution in [0.3, 0.4) is 0 Å². The fourth-order valence-electron chi connectivity index (χ4n) is 6.30. The van der Waals surface area contributed by atoms with Gasteiger partial charge in [-0.05, 0) is 50.0 Å². The van der Waals surface area contributed by atoms with Crippen LogP contribution in [0, 0.1) is 17.8 Å². The van der Waals surface area contributed by atoms with Crippen molar-refractivity contribution in [1.29, 1.82) is 0 Å². The highest BCUT2D eigenvalue weighted by atomic mass is 35.5. The minimum atomic E-state index is -4.73. The van der Waals surface area contributed by atoms with E-state index in [9.17, 15) is 27.6 Å². The van der Waals surface area contributed by atoms with Crippen LogP contribution < -0.4 is 10.6 Å². The Hall–Kier alpha value is -4.17. The molecule has 1 aliphatic carbocycles. The number of amides is 3. The van der Waals surface area contributed by atoms with E-state index in [0.717, 1.165) is 17.8 Å². The molecule has 0 radical (unpaired) electrons. The highest BCUT2D eigenvalue weighted by molar-refractivity contribution is 6.34. The SMILES string of the molecule is C=C(C)Cn1cc(-c2cnc(C(=O)Nc3ccc(C(=O)N4CCN(C(=O)C5C6CNCC65)CC4)c(Cl)c3)n2C)c(C(F)(F)F)n1. The topological polar surface area (TPSA) is 117 Å². The summed E-state index contributed by atoms with van der Waals surface area (Å²) < 4.78 is 43.7. The van der Waals surface area contributed by atoms with Crippen molar-refractivity contribution in [3.63, 3.8) is 0 Å².